The Hall–Kier alpha value is -2.77. The number of rotatable bonds is 6. The van der Waals surface area contributed by atoms with Crippen LogP contribution in [0.2, 0.25) is 0 Å². The zero-order valence-electron chi connectivity index (χ0n) is 14.7. The molecule has 1 aromatic heterocycles. The van der Waals surface area contributed by atoms with E-state index in [-0.39, 0.29) is 6.10 Å². The first kappa shape index (κ1) is 17.6. The number of nitrogens with one attached hydrogen (secondary N) is 1. The standard InChI is InChI=1S/C20H20N4O2S/c27-20-23-22-19(18-7-4-12-25-18)24(20)21-13-15-8-10-17(11-9-15)26-14-16-5-2-1-3-6-16/h1-3,5-6,8-11,13,18H,4,7,12,14H2,(H,23,27)/b21-13-. The molecule has 2 aromatic carbocycles. The average molecular weight is 380 g/mol. The lowest BCUT2D eigenvalue weighted by Crippen LogP contribution is -2.05. The molecule has 3 aromatic rings. The summed E-state index contributed by atoms with van der Waals surface area (Å²) >= 11 is 5.28. The number of ether oxygens (including phenoxy) is 2. The van der Waals surface area contributed by atoms with Gasteiger partial charge in [-0.3, -0.25) is 5.10 Å². The van der Waals surface area contributed by atoms with Gasteiger partial charge in [-0.25, -0.2) is 0 Å². The van der Waals surface area contributed by atoms with E-state index in [9.17, 15) is 0 Å². The molecule has 4 rings (SSSR count). The molecule has 27 heavy (non-hydrogen) atoms. The predicted molar refractivity (Wildman–Crippen MR) is 106 cm³/mol. The van der Waals surface area contributed by atoms with E-state index in [0.717, 1.165) is 42.1 Å². The van der Waals surface area contributed by atoms with Crippen molar-refractivity contribution in [1.82, 2.24) is 14.9 Å². The Morgan fingerprint density at radius 2 is 2.04 bits per heavy atom. The van der Waals surface area contributed by atoms with Gasteiger partial charge in [-0.1, -0.05) is 30.3 Å². The summed E-state index contributed by atoms with van der Waals surface area (Å²) in [6, 6.07) is 17.9. The quantitative estimate of drug-likeness (QED) is 0.513. The number of benzene rings is 2. The van der Waals surface area contributed by atoms with Gasteiger partial charge in [0.1, 0.15) is 18.5 Å². The lowest BCUT2D eigenvalue weighted by molar-refractivity contribution is 0.102. The monoisotopic (exact) mass is 380 g/mol. The van der Waals surface area contributed by atoms with E-state index in [0.29, 0.717) is 11.4 Å². The maximum absolute atomic E-state index is 5.81. The van der Waals surface area contributed by atoms with Gasteiger partial charge in [0.2, 0.25) is 4.77 Å². The third kappa shape index (κ3) is 4.32. The zero-order chi connectivity index (χ0) is 18.5. The minimum atomic E-state index is -0.0520. The van der Waals surface area contributed by atoms with Crippen molar-refractivity contribution in [1.29, 1.82) is 0 Å². The van der Waals surface area contributed by atoms with Gasteiger partial charge >= 0.3 is 0 Å². The molecule has 7 heteroatoms. The fourth-order valence-electron chi connectivity index (χ4n) is 2.92. The maximum atomic E-state index is 5.81. The third-order valence-corrected chi connectivity index (χ3v) is 4.61. The molecule has 6 nitrogen and oxygen atoms in total. The molecular weight excluding hydrogens is 360 g/mol. The highest BCUT2D eigenvalue weighted by molar-refractivity contribution is 7.71. The lowest BCUT2D eigenvalue weighted by Gasteiger charge is -2.07. The number of aromatic nitrogens is 3. The van der Waals surface area contributed by atoms with Crippen LogP contribution in [0.15, 0.2) is 59.7 Å². The molecule has 1 unspecified atom stereocenters. The molecule has 1 N–H and O–H groups in total. The summed E-state index contributed by atoms with van der Waals surface area (Å²) in [5.41, 5.74) is 2.09. The van der Waals surface area contributed by atoms with Gasteiger partial charge in [0.05, 0.1) is 6.21 Å². The minimum Gasteiger partial charge on any atom is -0.489 e. The second-order valence-electron chi connectivity index (χ2n) is 6.29. The highest BCUT2D eigenvalue weighted by Gasteiger charge is 2.23. The van der Waals surface area contributed by atoms with Crippen molar-refractivity contribution in [3.8, 4) is 5.75 Å². The maximum Gasteiger partial charge on any atom is 0.216 e. The van der Waals surface area contributed by atoms with Gasteiger partial charge in [-0.2, -0.15) is 14.9 Å². The van der Waals surface area contributed by atoms with E-state index < -0.39 is 0 Å². The summed E-state index contributed by atoms with van der Waals surface area (Å²) in [5, 5.41) is 11.5. The second kappa shape index (κ2) is 8.28. The first-order valence-electron chi connectivity index (χ1n) is 8.90. The summed E-state index contributed by atoms with van der Waals surface area (Å²) in [6.45, 7) is 1.29. The van der Waals surface area contributed by atoms with Crippen LogP contribution in [0.3, 0.4) is 0 Å². The number of hydrogen-bond acceptors (Lipinski definition) is 5. The number of nitrogens with zero attached hydrogens (tertiary/aromatic N) is 3. The number of H-pyrrole nitrogens is 1. The predicted octanol–water partition coefficient (Wildman–Crippen LogP) is 4.25. The number of aromatic amines is 1. The molecule has 138 valence electrons. The smallest absolute Gasteiger partial charge is 0.216 e. The van der Waals surface area contributed by atoms with Gasteiger partial charge in [-0.15, -0.1) is 0 Å². The van der Waals surface area contributed by atoms with Gasteiger partial charge < -0.3 is 9.47 Å². The van der Waals surface area contributed by atoms with E-state index in [2.05, 4.69) is 15.3 Å². The second-order valence-corrected chi connectivity index (χ2v) is 6.68. The Morgan fingerprint density at radius 3 is 2.78 bits per heavy atom. The van der Waals surface area contributed by atoms with Crippen LogP contribution < -0.4 is 4.74 Å². The van der Waals surface area contributed by atoms with Gasteiger partial charge in [0, 0.05) is 6.61 Å². The SMILES string of the molecule is S=c1[nH]nc(C2CCCO2)n1/N=C\c1ccc(OCc2ccccc2)cc1. The van der Waals surface area contributed by atoms with Crippen LogP contribution in [0, 0.1) is 4.77 Å². The molecule has 1 aliphatic rings. The molecule has 2 heterocycles. The van der Waals surface area contributed by atoms with Crippen LogP contribution >= 0.6 is 12.2 Å². The molecular formula is C20H20N4O2S. The molecule has 1 atom stereocenters. The topological polar surface area (TPSA) is 64.4 Å². The van der Waals surface area contributed by atoms with E-state index in [4.69, 9.17) is 21.7 Å². The fourth-order valence-corrected chi connectivity index (χ4v) is 3.11. The fraction of sp³-hybridized carbons (Fsp3) is 0.250. The van der Waals surface area contributed by atoms with Crippen LogP contribution in [-0.4, -0.2) is 27.7 Å². The summed E-state index contributed by atoms with van der Waals surface area (Å²) in [6.07, 6.45) is 3.66. The van der Waals surface area contributed by atoms with Gasteiger partial charge in [0.15, 0.2) is 5.82 Å². The van der Waals surface area contributed by atoms with E-state index in [1.54, 1.807) is 10.9 Å². The summed E-state index contributed by atoms with van der Waals surface area (Å²) in [5.74, 6) is 1.53. The van der Waals surface area contributed by atoms with Crippen molar-refractivity contribution in [2.24, 2.45) is 5.10 Å². The van der Waals surface area contributed by atoms with Crippen LogP contribution in [0.4, 0.5) is 0 Å². The van der Waals surface area contributed by atoms with Crippen LogP contribution in [0.5, 0.6) is 5.75 Å². The Bertz CT molecular complexity index is 958. The number of hydrogen-bond donors (Lipinski definition) is 1. The van der Waals surface area contributed by atoms with Crippen molar-refractivity contribution in [3.63, 3.8) is 0 Å². The summed E-state index contributed by atoms with van der Waals surface area (Å²) < 4.78 is 13.6. The Labute approximate surface area is 162 Å². The molecule has 0 bridgehead atoms. The molecule has 0 radical (unpaired) electrons. The molecule has 0 aliphatic carbocycles. The zero-order valence-corrected chi connectivity index (χ0v) is 15.6. The Morgan fingerprint density at radius 1 is 1.22 bits per heavy atom. The highest BCUT2D eigenvalue weighted by Crippen LogP contribution is 2.27. The van der Waals surface area contributed by atoms with Crippen LogP contribution in [0.25, 0.3) is 0 Å². The average Bonchev–Trinajstić information content (AvgIpc) is 3.36. The Balaban J connectivity index is 1.43. The van der Waals surface area contributed by atoms with Crippen molar-refractivity contribution in [2.45, 2.75) is 25.6 Å². The van der Waals surface area contributed by atoms with Crippen molar-refractivity contribution in [3.05, 3.63) is 76.3 Å². The first-order valence-corrected chi connectivity index (χ1v) is 9.30. The molecule has 1 saturated heterocycles. The van der Waals surface area contributed by atoms with Gasteiger partial charge in [0.25, 0.3) is 0 Å². The highest BCUT2D eigenvalue weighted by atomic mass is 32.1. The van der Waals surface area contributed by atoms with E-state index in [1.165, 1.54) is 0 Å². The largest absolute Gasteiger partial charge is 0.489 e. The van der Waals surface area contributed by atoms with Crippen LogP contribution in [-0.2, 0) is 11.3 Å². The molecule has 0 saturated carbocycles. The van der Waals surface area contributed by atoms with E-state index >= 15 is 0 Å². The van der Waals surface area contributed by atoms with Crippen LogP contribution in [0.1, 0.15) is 35.9 Å². The molecule has 1 aliphatic heterocycles. The third-order valence-electron chi connectivity index (χ3n) is 4.34. The summed E-state index contributed by atoms with van der Waals surface area (Å²) in [4.78, 5) is 0. The molecule has 0 spiro atoms. The van der Waals surface area contributed by atoms with E-state index in [1.807, 2.05) is 54.6 Å². The van der Waals surface area contributed by atoms with Crippen molar-refractivity contribution >= 4 is 18.4 Å². The van der Waals surface area contributed by atoms with Crippen molar-refractivity contribution < 1.29 is 9.47 Å². The molecule has 1 fully saturated rings. The lowest BCUT2D eigenvalue weighted by atomic mass is 10.2. The van der Waals surface area contributed by atoms with Crippen molar-refractivity contribution in [2.75, 3.05) is 6.61 Å². The summed E-state index contributed by atoms with van der Waals surface area (Å²) in [7, 11) is 0. The molecule has 0 amide bonds. The normalized spacial score (nSPS) is 16.8. The Kier molecular flexibility index (Phi) is 5.41. The first-order chi connectivity index (χ1) is 13.3. The van der Waals surface area contributed by atoms with Gasteiger partial charge in [-0.05, 0) is 60.5 Å². The minimum absolute atomic E-state index is 0.0520.